The number of ether oxygens (including phenoxy) is 2. The summed E-state index contributed by atoms with van der Waals surface area (Å²) in [6.07, 6.45) is 8.32. The van der Waals surface area contributed by atoms with Gasteiger partial charge in [0, 0.05) is 6.08 Å². The van der Waals surface area contributed by atoms with Crippen LogP contribution in [0.3, 0.4) is 0 Å². The molecule has 1 aliphatic rings. The second-order valence-corrected chi connectivity index (χ2v) is 6.53. The third kappa shape index (κ3) is 5.66. The number of rotatable bonds is 9. The Kier molecular flexibility index (Phi) is 6.31. The lowest BCUT2D eigenvalue weighted by Crippen LogP contribution is -2.09. The first-order valence-electron chi connectivity index (χ1n) is 9.09. The molecular formula is C22H25NO3. The average molecular weight is 351 g/mol. The number of hydrogen-bond donors (Lipinski definition) is 1. The van der Waals surface area contributed by atoms with Crippen molar-refractivity contribution in [3.8, 4) is 11.5 Å². The van der Waals surface area contributed by atoms with Crippen molar-refractivity contribution in [3.05, 3.63) is 60.2 Å². The van der Waals surface area contributed by atoms with Gasteiger partial charge in [-0.1, -0.05) is 37.1 Å². The molecule has 1 saturated carbocycles. The van der Waals surface area contributed by atoms with Crippen LogP contribution in [0.25, 0.3) is 6.08 Å². The zero-order valence-electron chi connectivity index (χ0n) is 15.1. The molecule has 3 rings (SSSR count). The van der Waals surface area contributed by atoms with Crippen LogP contribution in [0.15, 0.2) is 54.6 Å². The maximum atomic E-state index is 12.2. The molecule has 1 N–H and O–H groups in total. The molecule has 4 nitrogen and oxygen atoms in total. The predicted molar refractivity (Wildman–Crippen MR) is 105 cm³/mol. The van der Waals surface area contributed by atoms with Crippen molar-refractivity contribution in [2.75, 3.05) is 19.0 Å². The average Bonchev–Trinajstić information content (AvgIpc) is 3.49. The molecule has 4 heteroatoms. The summed E-state index contributed by atoms with van der Waals surface area (Å²) in [4.78, 5) is 12.2. The summed E-state index contributed by atoms with van der Waals surface area (Å²) in [5.74, 6) is 2.24. The van der Waals surface area contributed by atoms with Crippen LogP contribution in [0.5, 0.6) is 11.5 Å². The van der Waals surface area contributed by atoms with E-state index in [0.29, 0.717) is 12.3 Å². The van der Waals surface area contributed by atoms with Gasteiger partial charge in [0.15, 0.2) is 0 Å². The molecule has 0 spiro atoms. The number of benzene rings is 2. The standard InChI is InChI=1S/C22H25NO3/c1-25-19-13-10-18(11-14-19)12-15-22(24)23-20-6-2-3-7-21(20)26-16-4-5-17-8-9-17/h2-3,6-7,10-15,17H,4-5,8-9,16H2,1H3,(H,23,24)/b15-12+. The van der Waals surface area contributed by atoms with E-state index < -0.39 is 0 Å². The monoisotopic (exact) mass is 351 g/mol. The molecule has 1 fully saturated rings. The molecule has 0 radical (unpaired) electrons. The van der Waals surface area contributed by atoms with Gasteiger partial charge in [-0.05, 0) is 54.7 Å². The first-order valence-corrected chi connectivity index (χ1v) is 9.09. The van der Waals surface area contributed by atoms with E-state index in [2.05, 4.69) is 5.32 Å². The normalized spacial score (nSPS) is 13.6. The van der Waals surface area contributed by atoms with E-state index >= 15 is 0 Å². The van der Waals surface area contributed by atoms with Crippen molar-refractivity contribution in [2.24, 2.45) is 5.92 Å². The van der Waals surface area contributed by atoms with Crippen LogP contribution >= 0.6 is 0 Å². The first kappa shape index (κ1) is 18.1. The summed E-state index contributed by atoms with van der Waals surface area (Å²) in [6.45, 7) is 0.686. The van der Waals surface area contributed by atoms with E-state index in [-0.39, 0.29) is 5.91 Å². The zero-order valence-corrected chi connectivity index (χ0v) is 15.1. The van der Waals surface area contributed by atoms with Crippen LogP contribution in [0.4, 0.5) is 5.69 Å². The summed E-state index contributed by atoms with van der Waals surface area (Å²) in [5.41, 5.74) is 1.63. The summed E-state index contributed by atoms with van der Waals surface area (Å²) in [7, 11) is 1.63. The van der Waals surface area contributed by atoms with Crippen LogP contribution in [0, 0.1) is 5.92 Å². The number of carbonyl (C=O) groups excluding carboxylic acids is 1. The molecule has 0 aromatic heterocycles. The van der Waals surface area contributed by atoms with Gasteiger partial charge in [0.05, 0.1) is 19.4 Å². The number of anilines is 1. The van der Waals surface area contributed by atoms with E-state index in [1.165, 1.54) is 25.3 Å². The highest BCUT2D eigenvalue weighted by Crippen LogP contribution is 2.33. The van der Waals surface area contributed by atoms with Crippen LogP contribution in [0.2, 0.25) is 0 Å². The minimum Gasteiger partial charge on any atom is -0.497 e. The topological polar surface area (TPSA) is 47.6 Å². The summed E-state index contributed by atoms with van der Waals surface area (Å²) >= 11 is 0. The second kappa shape index (κ2) is 9.09. The quantitative estimate of drug-likeness (QED) is 0.515. The molecule has 0 saturated heterocycles. The maximum absolute atomic E-state index is 12.2. The lowest BCUT2D eigenvalue weighted by molar-refractivity contribution is -0.111. The molecule has 136 valence electrons. The molecule has 0 heterocycles. The minimum atomic E-state index is -0.185. The van der Waals surface area contributed by atoms with Gasteiger partial charge in [-0.3, -0.25) is 4.79 Å². The summed E-state index contributed by atoms with van der Waals surface area (Å²) in [5, 5.41) is 2.89. The molecule has 0 bridgehead atoms. The lowest BCUT2D eigenvalue weighted by Gasteiger charge is -2.11. The predicted octanol–water partition coefficient (Wildman–Crippen LogP) is 4.92. The molecule has 26 heavy (non-hydrogen) atoms. The first-order chi connectivity index (χ1) is 12.7. The molecule has 0 atom stereocenters. The molecule has 2 aromatic rings. The van der Waals surface area contributed by atoms with Gasteiger partial charge in [-0.15, -0.1) is 0 Å². The van der Waals surface area contributed by atoms with Crippen LogP contribution < -0.4 is 14.8 Å². The highest BCUT2D eigenvalue weighted by molar-refractivity contribution is 6.02. The van der Waals surface area contributed by atoms with E-state index in [4.69, 9.17) is 9.47 Å². The van der Waals surface area contributed by atoms with Crippen molar-refractivity contribution < 1.29 is 14.3 Å². The number of nitrogens with one attached hydrogen (secondary N) is 1. The van der Waals surface area contributed by atoms with Gasteiger partial charge in [0.2, 0.25) is 5.91 Å². The lowest BCUT2D eigenvalue weighted by atomic mass is 10.2. The van der Waals surface area contributed by atoms with Gasteiger partial charge in [-0.25, -0.2) is 0 Å². The second-order valence-electron chi connectivity index (χ2n) is 6.53. The van der Waals surface area contributed by atoms with Crippen LogP contribution in [-0.2, 0) is 4.79 Å². The third-order valence-corrected chi connectivity index (χ3v) is 4.40. The van der Waals surface area contributed by atoms with Crippen LogP contribution in [0.1, 0.15) is 31.2 Å². The van der Waals surface area contributed by atoms with Gasteiger partial charge < -0.3 is 14.8 Å². The molecule has 0 aliphatic heterocycles. The Balaban J connectivity index is 1.53. The van der Waals surface area contributed by atoms with Crippen LogP contribution in [-0.4, -0.2) is 19.6 Å². The molecular weight excluding hydrogens is 326 g/mol. The smallest absolute Gasteiger partial charge is 0.248 e. The SMILES string of the molecule is COc1ccc(/C=C/C(=O)Nc2ccccc2OCCCC2CC2)cc1. The molecule has 0 unspecified atom stereocenters. The zero-order chi connectivity index (χ0) is 18.2. The number of para-hydroxylation sites is 2. The number of hydrogen-bond acceptors (Lipinski definition) is 3. The maximum Gasteiger partial charge on any atom is 0.248 e. The van der Waals surface area contributed by atoms with E-state index in [1.54, 1.807) is 13.2 Å². The number of amides is 1. The summed E-state index contributed by atoms with van der Waals surface area (Å²) in [6, 6.07) is 15.1. The highest BCUT2D eigenvalue weighted by atomic mass is 16.5. The fourth-order valence-corrected chi connectivity index (χ4v) is 2.72. The Hall–Kier alpha value is -2.75. The molecule has 2 aromatic carbocycles. The van der Waals surface area contributed by atoms with Crippen molar-refractivity contribution in [1.29, 1.82) is 0 Å². The fraction of sp³-hybridized carbons (Fsp3) is 0.318. The van der Waals surface area contributed by atoms with E-state index in [0.717, 1.165) is 29.4 Å². The van der Waals surface area contributed by atoms with Crippen molar-refractivity contribution in [3.63, 3.8) is 0 Å². The highest BCUT2D eigenvalue weighted by Gasteiger charge is 2.20. The van der Waals surface area contributed by atoms with Gasteiger partial charge in [-0.2, -0.15) is 0 Å². The van der Waals surface area contributed by atoms with E-state index in [1.807, 2.05) is 48.5 Å². The minimum absolute atomic E-state index is 0.185. The van der Waals surface area contributed by atoms with Gasteiger partial charge >= 0.3 is 0 Å². The van der Waals surface area contributed by atoms with Gasteiger partial charge in [0.25, 0.3) is 0 Å². The summed E-state index contributed by atoms with van der Waals surface area (Å²) < 4.78 is 11.0. The molecule has 1 aliphatic carbocycles. The Morgan fingerprint density at radius 1 is 1.15 bits per heavy atom. The number of carbonyl (C=O) groups is 1. The number of methoxy groups -OCH3 is 1. The molecule has 1 amide bonds. The van der Waals surface area contributed by atoms with Crippen molar-refractivity contribution in [2.45, 2.75) is 25.7 Å². The third-order valence-electron chi connectivity index (χ3n) is 4.40. The van der Waals surface area contributed by atoms with E-state index in [9.17, 15) is 4.79 Å². The Bertz CT molecular complexity index is 748. The Morgan fingerprint density at radius 2 is 1.92 bits per heavy atom. The fourth-order valence-electron chi connectivity index (χ4n) is 2.72. The Morgan fingerprint density at radius 3 is 2.65 bits per heavy atom. The largest absolute Gasteiger partial charge is 0.497 e. The van der Waals surface area contributed by atoms with Crippen molar-refractivity contribution in [1.82, 2.24) is 0 Å². The Labute approximate surface area is 154 Å². The van der Waals surface area contributed by atoms with Gasteiger partial charge in [0.1, 0.15) is 11.5 Å². The van der Waals surface area contributed by atoms with Crippen molar-refractivity contribution >= 4 is 17.7 Å².